The molecule has 1 rings (SSSR count). The van der Waals surface area contributed by atoms with Crippen molar-refractivity contribution in [3.8, 4) is 0 Å². The fraction of sp³-hybridized carbons (Fsp3) is 0.286. The Bertz CT molecular complexity index is 335. The van der Waals surface area contributed by atoms with Crippen molar-refractivity contribution in [3.05, 3.63) is 6.07 Å². The van der Waals surface area contributed by atoms with Gasteiger partial charge in [-0.2, -0.15) is 0 Å². The lowest BCUT2D eigenvalue weighted by molar-refractivity contribution is -0.116. The molecule has 0 atom stereocenters. The lowest BCUT2D eigenvalue weighted by Gasteiger charge is -2.06. The molecule has 1 amide bonds. The van der Waals surface area contributed by atoms with Crippen molar-refractivity contribution in [2.75, 3.05) is 23.5 Å². The first-order chi connectivity index (χ1) is 7.15. The maximum Gasteiger partial charge on any atom is 0.236 e. The predicted molar refractivity (Wildman–Crippen MR) is 59.3 cm³/mol. The van der Waals surface area contributed by atoms with E-state index in [0.29, 0.717) is 16.8 Å². The van der Waals surface area contributed by atoms with Crippen LogP contribution >= 0.6 is 11.8 Å². The summed E-state index contributed by atoms with van der Waals surface area (Å²) in [6, 6.07) is 1.59. The Morgan fingerprint density at radius 1 is 1.53 bits per heavy atom. The molecule has 0 radical (unpaired) electrons. The van der Waals surface area contributed by atoms with Crippen LogP contribution in [-0.4, -0.2) is 28.7 Å². The van der Waals surface area contributed by atoms with Crippen LogP contribution < -0.4 is 22.3 Å². The van der Waals surface area contributed by atoms with Crippen LogP contribution in [-0.2, 0) is 4.79 Å². The van der Waals surface area contributed by atoms with Gasteiger partial charge in [-0.15, -0.1) is 0 Å². The van der Waals surface area contributed by atoms with Gasteiger partial charge in [-0.25, -0.2) is 15.8 Å². The van der Waals surface area contributed by atoms with Gasteiger partial charge in [0.05, 0.1) is 6.54 Å². The first-order valence-corrected chi connectivity index (χ1v) is 5.30. The number of hydrazine groups is 1. The van der Waals surface area contributed by atoms with E-state index in [1.807, 2.05) is 6.26 Å². The third-order valence-electron chi connectivity index (χ3n) is 1.48. The fourth-order valence-corrected chi connectivity index (χ4v) is 1.24. The largest absolute Gasteiger partial charge is 0.368 e. The van der Waals surface area contributed by atoms with Gasteiger partial charge in [-0.05, 0) is 6.26 Å². The Morgan fingerprint density at radius 2 is 2.20 bits per heavy atom. The van der Waals surface area contributed by atoms with Crippen LogP contribution in [0.4, 0.5) is 11.6 Å². The zero-order chi connectivity index (χ0) is 11.3. The van der Waals surface area contributed by atoms with Crippen molar-refractivity contribution in [2.24, 2.45) is 11.6 Å². The second-order valence-electron chi connectivity index (χ2n) is 2.59. The summed E-state index contributed by atoms with van der Waals surface area (Å²) >= 11 is 1.37. The molecule has 0 fully saturated rings. The van der Waals surface area contributed by atoms with E-state index in [0.717, 1.165) is 0 Å². The molecule has 1 aromatic rings. The smallest absolute Gasteiger partial charge is 0.236 e. The molecule has 82 valence electrons. The van der Waals surface area contributed by atoms with Gasteiger partial charge in [-0.3, -0.25) is 4.79 Å². The molecule has 0 aliphatic carbocycles. The molecule has 7 nitrogen and oxygen atoms in total. The van der Waals surface area contributed by atoms with Crippen molar-refractivity contribution >= 4 is 29.3 Å². The average Bonchev–Trinajstić information content (AvgIpc) is 2.25. The molecule has 1 heterocycles. The normalized spacial score (nSPS) is 9.73. The molecule has 0 saturated heterocycles. The molecule has 15 heavy (non-hydrogen) atoms. The number of thioether (sulfide) groups is 1. The lowest BCUT2D eigenvalue weighted by atomic mass is 10.5. The third kappa shape index (κ3) is 3.60. The van der Waals surface area contributed by atoms with Crippen LogP contribution in [0.1, 0.15) is 0 Å². The number of hydrogen-bond donors (Lipinski definition) is 4. The van der Waals surface area contributed by atoms with E-state index in [-0.39, 0.29) is 6.54 Å². The highest BCUT2D eigenvalue weighted by molar-refractivity contribution is 7.98. The van der Waals surface area contributed by atoms with Crippen LogP contribution in [0.3, 0.4) is 0 Å². The van der Waals surface area contributed by atoms with Gasteiger partial charge in [0.15, 0.2) is 5.16 Å². The van der Waals surface area contributed by atoms with Gasteiger partial charge < -0.3 is 16.5 Å². The van der Waals surface area contributed by atoms with Crippen LogP contribution in [0, 0.1) is 0 Å². The Balaban J connectivity index is 2.81. The van der Waals surface area contributed by atoms with Crippen LogP contribution in [0.5, 0.6) is 0 Å². The average molecular weight is 228 g/mol. The molecule has 0 unspecified atom stereocenters. The zero-order valence-electron chi connectivity index (χ0n) is 8.15. The van der Waals surface area contributed by atoms with Crippen LogP contribution in [0.15, 0.2) is 11.2 Å². The predicted octanol–water partition coefficient (Wildman–Crippen LogP) is -0.619. The van der Waals surface area contributed by atoms with E-state index < -0.39 is 5.91 Å². The highest BCUT2D eigenvalue weighted by atomic mass is 32.2. The SMILES string of the molecule is CSc1nc(NN)cc(NCC(N)=O)n1. The summed E-state index contributed by atoms with van der Waals surface area (Å²) < 4.78 is 0. The number of amides is 1. The molecule has 1 aromatic heterocycles. The number of carbonyl (C=O) groups is 1. The quantitative estimate of drug-likeness (QED) is 0.229. The Kier molecular flexibility index (Phi) is 4.13. The number of nitrogens with two attached hydrogens (primary N) is 2. The van der Waals surface area contributed by atoms with E-state index in [1.54, 1.807) is 6.07 Å². The van der Waals surface area contributed by atoms with Crippen molar-refractivity contribution < 1.29 is 4.79 Å². The highest BCUT2D eigenvalue weighted by Crippen LogP contribution is 2.16. The number of nitrogen functional groups attached to an aromatic ring is 1. The minimum absolute atomic E-state index is 0.0227. The third-order valence-corrected chi connectivity index (χ3v) is 2.03. The molecule has 0 spiro atoms. The number of rotatable bonds is 5. The molecule has 0 saturated carbocycles. The zero-order valence-corrected chi connectivity index (χ0v) is 8.97. The molecule has 0 aliphatic heterocycles. The molecule has 0 bridgehead atoms. The first-order valence-electron chi connectivity index (χ1n) is 4.07. The van der Waals surface area contributed by atoms with Crippen molar-refractivity contribution in [3.63, 3.8) is 0 Å². The minimum Gasteiger partial charge on any atom is -0.368 e. The Morgan fingerprint density at radius 3 is 2.73 bits per heavy atom. The van der Waals surface area contributed by atoms with E-state index >= 15 is 0 Å². The topological polar surface area (TPSA) is 119 Å². The molecular formula is C7H12N6OS. The summed E-state index contributed by atoms with van der Waals surface area (Å²) in [7, 11) is 0. The van der Waals surface area contributed by atoms with E-state index in [9.17, 15) is 4.79 Å². The molecule has 6 N–H and O–H groups in total. The van der Waals surface area contributed by atoms with Gasteiger partial charge in [0.2, 0.25) is 5.91 Å². The number of carbonyl (C=O) groups excluding carboxylic acids is 1. The van der Waals surface area contributed by atoms with Crippen molar-refractivity contribution in [1.29, 1.82) is 0 Å². The molecule has 0 aromatic carbocycles. The van der Waals surface area contributed by atoms with Gasteiger partial charge in [-0.1, -0.05) is 11.8 Å². The summed E-state index contributed by atoms with van der Waals surface area (Å²) in [5.41, 5.74) is 7.40. The first kappa shape index (κ1) is 11.5. The lowest BCUT2D eigenvalue weighted by Crippen LogP contribution is -2.22. The standard InChI is InChI=1S/C7H12N6OS/c1-15-7-11-5(10-3-4(8)14)2-6(12-7)13-9/h2H,3,9H2,1H3,(H2,8,14)(H2,10,11,12,13). The van der Waals surface area contributed by atoms with Crippen LogP contribution in [0.25, 0.3) is 0 Å². The van der Waals surface area contributed by atoms with Crippen molar-refractivity contribution in [1.82, 2.24) is 9.97 Å². The number of nitrogens with zero attached hydrogens (tertiary/aromatic N) is 2. The van der Waals surface area contributed by atoms with E-state index in [2.05, 4.69) is 20.7 Å². The molecular weight excluding hydrogens is 216 g/mol. The Labute approximate surface area is 91.0 Å². The van der Waals surface area contributed by atoms with Crippen molar-refractivity contribution in [2.45, 2.75) is 5.16 Å². The molecule has 0 aliphatic rings. The maximum absolute atomic E-state index is 10.6. The van der Waals surface area contributed by atoms with E-state index in [4.69, 9.17) is 11.6 Å². The number of aromatic nitrogens is 2. The number of hydrogen-bond acceptors (Lipinski definition) is 7. The summed E-state index contributed by atoms with van der Waals surface area (Å²) in [4.78, 5) is 18.7. The van der Waals surface area contributed by atoms with Gasteiger partial charge in [0.25, 0.3) is 0 Å². The van der Waals surface area contributed by atoms with Gasteiger partial charge in [0.1, 0.15) is 11.6 Å². The number of nitrogens with one attached hydrogen (secondary N) is 2. The number of primary amides is 1. The van der Waals surface area contributed by atoms with Gasteiger partial charge >= 0.3 is 0 Å². The summed E-state index contributed by atoms with van der Waals surface area (Å²) in [6.45, 7) is 0.0227. The minimum atomic E-state index is -0.457. The monoisotopic (exact) mass is 228 g/mol. The molecule has 8 heteroatoms. The summed E-state index contributed by atoms with van der Waals surface area (Å²) in [5, 5.41) is 3.31. The van der Waals surface area contributed by atoms with E-state index in [1.165, 1.54) is 11.8 Å². The Hall–Kier alpha value is -1.54. The van der Waals surface area contributed by atoms with Gasteiger partial charge in [0, 0.05) is 6.07 Å². The second kappa shape index (κ2) is 5.37. The maximum atomic E-state index is 10.6. The second-order valence-corrected chi connectivity index (χ2v) is 3.36. The van der Waals surface area contributed by atoms with Crippen LogP contribution in [0.2, 0.25) is 0 Å². The number of anilines is 2. The summed E-state index contributed by atoms with van der Waals surface area (Å²) in [6.07, 6.45) is 1.84. The fourth-order valence-electron chi connectivity index (χ4n) is 0.859. The highest BCUT2D eigenvalue weighted by Gasteiger charge is 2.03. The summed E-state index contributed by atoms with van der Waals surface area (Å²) in [5.74, 6) is 5.75.